The maximum absolute atomic E-state index is 13.2. The van der Waals surface area contributed by atoms with Gasteiger partial charge < -0.3 is 32.6 Å². The first-order valence-electron chi connectivity index (χ1n) is 41.7. The van der Waals surface area contributed by atoms with E-state index in [1.54, 1.807) is 66.0 Å². The molecule has 0 aliphatic heterocycles. The third-order valence-electron chi connectivity index (χ3n) is 31.1. The summed E-state index contributed by atoms with van der Waals surface area (Å²) in [5.74, 6) is 14.4. The minimum absolute atomic E-state index is 0. The molecule has 24 atom stereocenters. The Kier molecular flexibility index (Phi) is 45.6. The van der Waals surface area contributed by atoms with Crippen molar-refractivity contribution in [3.8, 4) is 0 Å². The summed E-state index contributed by atoms with van der Waals surface area (Å²) in [7, 11) is -3.36. The number of nitrogens with zero attached hydrogens (tertiary/aromatic N) is 1. The molecular formula is C88H141ClI4K2N2O12S3. The van der Waals surface area contributed by atoms with Crippen molar-refractivity contribution in [1.82, 2.24) is 4.31 Å². The molecule has 3 aromatic carbocycles. The molecule has 24 heteroatoms. The van der Waals surface area contributed by atoms with Crippen LogP contribution in [0.3, 0.4) is 0 Å². The second kappa shape index (κ2) is 48.2. The van der Waals surface area contributed by atoms with E-state index in [1.165, 1.54) is 160 Å². The fourth-order valence-corrected chi connectivity index (χ4v) is 29.6. The predicted octanol–water partition coefficient (Wildman–Crippen LogP) is 14.7. The summed E-state index contributed by atoms with van der Waals surface area (Å²) in [5, 5.41) is 40.2. The van der Waals surface area contributed by atoms with Crippen LogP contribution in [0.4, 0.5) is 0 Å². The van der Waals surface area contributed by atoms with Crippen molar-refractivity contribution in [1.29, 1.82) is 0 Å². The van der Waals surface area contributed by atoms with Crippen LogP contribution in [-0.2, 0) is 38.6 Å². The van der Waals surface area contributed by atoms with Gasteiger partial charge in [-0.25, -0.2) is 29.6 Å². The van der Waals surface area contributed by atoms with E-state index in [1.807, 2.05) is 57.8 Å². The van der Waals surface area contributed by atoms with Crippen LogP contribution in [0.1, 0.15) is 242 Å². The monoisotopic (exact) mass is 2130 g/mol. The van der Waals surface area contributed by atoms with Gasteiger partial charge in [-0.3, -0.25) is 4.79 Å². The number of halogens is 5. The molecule has 12 aliphatic carbocycles. The van der Waals surface area contributed by atoms with Crippen molar-refractivity contribution in [3.63, 3.8) is 0 Å². The molecule has 14 nitrogen and oxygen atoms in total. The third-order valence-corrected chi connectivity index (χ3v) is 36.1. The van der Waals surface area contributed by atoms with Gasteiger partial charge in [0.1, 0.15) is 0 Å². The zero-order chi connectivity index (χ0) is 81.3. The van der Waals surface area contributed by atoms with Crippen LogP contribution in [0.5, 0.6) is 0 Å². The maximum Gasteiger partial charge on any atom is 1.00 e. The largest absolute Gasteiger partial charge is 1.00 e. The van der Waals surface area contributed by atoms with E-state index in [9.17, 15) is 40.6 Å². The van der Waals surface area contributed by atoms with Gasteiger partial charge in [-0.2, -0.15) is 0 Å². The van der Waals surface area contributed by atoms with Gasteiger partial charge in [-0.1, -0.05) is 185 Å². The molecular weight excluding hydrogens is 1990 g/mol. The van der Waals surface area contributed by atoms with Crippen molar-refractivity contribution in [2.45, 2.75) is 272 Å². The van der Waals surface area contributed by atoms with Gasteiger partial charge >= 0.3 is 103 Å². The second-order valence-corrected chi connectivity index (χ2v) is 43.5. The summed E-state index contributed by atoms with van der Waals surface area (Å²) < 4.78 is 75.2. The average Bonchev–Trinajstić information content (AvgIpc) is 0.742. The quantitative estimate of drug-likeness (QED) is 0.0266. The number of carbonyl (C=O) groups is 1. The first kappa shape index (κ1) is 106. The number of aliphatic hydroxyl groups is 3. The summed E-state index contributed by atoms with van der Waals surface area (Å²) in [4.78, 5) is 20.1. The van der Waals surface area contributed by atoms with Gasteiger partial charge in [0, 0.05) is 24.3 Å². The minimum Gasteiger partial charge on any atom is -1.00 e. The van der Waals surface area contributed by atoms with Gasteiger partial charge in [-0.15, -0.1) is 0 Å². The van der Waals surface area contributed by atoms with Crippen molar-refractivity contribution in [3.05, 3.63) is 91.0 Å². The number of hydrogen-bond acceptors (Lipinski definition) is 13. The maximum atomic E-state index is 13.2. The van der Waals surface area contributed by atoms with Crippen LogP contribution >= 0.6 is 101 Å². The molecule has 12 fully saturated rings. The topological polar surface area (TPSA) is 242 Å². The summed E-state index contributed by atoms with van der Waals surface area (Å²) in [6.45, 7) is 15.1. The third kappa shape index (κ3) is 26.4. The van der Waals surface area contributed by atoms with Crippen molar-refractivity contribution in [2.75, 3.05) is 45.6 Å². The molecule has 0 aromatic heterocycles. The molecule has 5 N–H and O–H groups in total. The molecule has 12 aliphatic rings. The van der Waals surface area contributed by atoms with Crippen LogP contribution < -0.4 is 114 Å². The van der Waals surface area contributed by atoms with Crippen molar-refractivity contribution >= 4 is 136 Å². The fourth-order valence-electron chi connectivity index (χ4n) is 26.1. The van der Waals surface area contributed by atoms with E-state index in [0.717, 1.165) is 147 Å². The summed E-state index contributed by atoms with van der Waals surface area (Å²) in [6, 6.07) is 25.8. The fraction of sp³-hybridized carbons (Fsp3) is 0.784. The van der Waals surface area contributed by atoms with Crippen LogP contribution in [0, 0.1) is 123 Å². The molecule has 0 unspecified atom stereocenters. The number of hydrogen-bond donors (Lipinski definition) is 4. The molecule has 3 aromatic rings. The second-order valence-electron chi connectivity index (χ2n) is 36.7. The van der Waals surface area contributed by atoms with E-state index in [4.69, 9.17) is 26.5 Å². The Hall–Kier alpha value is 3.22. The normalized spacial score (nSPS) is 38.4. The molecule has 0 spiro atoms. The van der Waals surface area contributed by atoms with Crippen molar-refractivity contribution in [2.24, 2.45) is 129 Å². The SMILES string of the molecule is CI.CI.CI.CI.CN(C[C@H]1CCC[C@H]2[C@@H]3CC[C@@H]4C[C@](C)(O)CC[C@@H]4[C@H]3CC[C@]12C)S(=O)(=O)c1ccccc1.C[C@@]1(O)CC[C@H]2[C@H](CC[C@@H]3[C@@H]2CC[C@]2(C)[C@@H](CCS(=O)(=O)c4ccccc4)CCC[C@@H]32)C1.C[C@@]1(O)CC[C@H]2[C@H](CC[C@@H]3[C@@H]2CC[C@]2(C)[C@@H](CN)CCC[C@@H]32)C1.O=CO[O-].O=S(=O)(Cl)c1ccccc1.[H-].[K+].[K+]. The number of fused-ring (bicyclic) bond motifs is 15. The zero-order valence-electron chi connectivity index (χ0n) is 71.3. The van der Waals surface area contributed by atoms with E-state index in [0.29, 0.717) is 44.9 Å². The minimum atomic E-state index is -3.53. The Morgan fingerprint density at radius 3 is 1.09 bits per heavy atom. The zero-order valence-corrected chi connectivity index (χ0v) is 88.4. The molecule has 0 amide bonds. The molecule has 0 bridgehead atoms. The van der Waals surface area contributed by atoms with Gasteiger partial charge in [0.05, 0.1) is 37.2 Å². The first-order valence-corrected chi connectivity index (χ1v) is 55.7. The van der Waals surface area contributed by atoms with Crippen LogP contribution in [0.15, 0.2) is 106 Å². The number of nitrogens with two attached hydrogens (primary N) is 1. The van der Waals surface area contributed by atoms with Gasteiger partial charge in [-0.05, 0) is 386 Å². The number of benzene rings is 3. The molecule has 15 rings (SSSR count). The van der Waals surface area contributed by atoms with Crippen molar-refractivity contribution < 1.29 is 160 Å². The van der Waals surface area contributed by atoms with E-state index >= 15 is 0 Å². The van der Waals surface area contributed by atoms with Crippen LogP contribution in [0.25, 0.3) is 0 Å². The smallest absolute Gasteiger partial charge is 1.00 e. The Labute approximate surface area is 825 Å². The average molecular weight is 2140 g/mol. The summed E-state index contributed by atoms with van der Waals surface area (Å²) >= 11 is 8.60. The molecule has 630 valence electrons. The number of carbonyl (C=O) groups excluding carboxylic acids is 1. The van der Waals surface area contributed by atoms with E-state index in [2.05, 4.69) is 123 Å². The summed E-state index contributed by atoms with van der Waals surface area (Å²) in [6.07, 6.45) is 38.3. The molecule has 12 saturated carbocycles. The molecule has 112 heavy (non-hydrogen) atoms. The van der Waals surface area contributed by atoms with Crippen LogP contribution in [-0.4, -0.2) is 114 Å². The Morgan fingerprint density at radius 1 is 0.455 bits per heavy atom. The van der Waals surface area contributed by atoms with Gasteiger partial charge in [0.2, 0.25) is 10.0 Å². The van der Waals surface area contributed by atoms with Crippen LogP contribution in [0.2, 0.25) is 0 Å². The number of rotatable bonds is 11. The number of alkyl halides is 4. The molecule has 0 radical (unpaired) electrons. The Balaban J connectivity index is 0.000000315. The molecule has 0 saturated heterocycles. The Bertz CT molecular complexity index is 3620. The van der Waals surface area contributed by atoms with E-state index < -0.39 is 40.1 Å². The Morgan fingerprint density at radius 2 is 0.759 bits per heavy atom. The standard InChI is InChI=1S/C28H43NO3S.C28H42O3S.C21H37NO.C6H5ClO2S.4CH3I.CH2O3.2K.H/c1-27(30)16-14-23-20(18-27)12-13-25-24(23)15-17-28(2)21(8-7-11-26(25)28)19-29(3)33(31,32)22-9-5-4-6-10-22;1-27(29)16-13-23-20(19-27)11-12-25-24(23)14-17-28(2)21(7-6-10-26(25)28)15-18-32(30,31)22-8-4-3-5-9-22;1-20(23)10-8-16-14(12-20)6-7-18-17(16)9-11-21(2)15(13-22)4-3-5-19(18)21;7-10(8,9)6-4-2-1-3-5-6;4*1-2;2-1-4-3;;;/h4-6,9-10,20-21,23-26,30H,7-8,11-19H2,1-3H3;3-5,8-9,20-21,23-26,29H,6-7,10-19H2,1-2H3;14-19,23H,3-13,22H2,1-2H3;1-5H;4*1H3;1,3H;;;/q;;;;;;;;;2*+1;-1/p-1/t2*20-,21-,23+,24-,25-,26+,27-,28-;14-,15-,16+,17-,18-,19+,20-,21-;;;;;;;;;/m111........./s1. The summed E-state index contributed by atoms with van der Waals surface area (Å²) in [5.41, 5.74) is 5.96. The number of sulfone groups is 1. The number of sulfonamides is 1. The molecule has 0 heterocycles. The first-order chi connectivity index (χ1) is 52.3. The van der Waals surface area contributed by atoms with Gasteiger partial charge in [0.15, 0.2) is 9.84 Å². The van der Waals surface area contributed by atoms with Gasteiger partial charge in [0.25, 0.3) is 15.5 Å². The predicted molar refractivity (Wildman–Crippen MR) is 483 cm³/mol. The van der Waals surface area contributed by atoms with E-state index in [-0.39, 0.29) is 132 Å².